The number of benzene rings is 2. The largest absolute Gasteiger partial charge is 0.478 e. The van der Waals surface area contributed by atoms with Crippen LogP contribution in [0.3, 0.4) is 0 Å². The molecule has 0 heterocycles. The van der Waals surface area contributed by atoms with E-state index in [9.17, 15) is 18.3 Å². The van der Waals surface area contributed by atoms with Crippen molar-refractivity contribution in [2.24, 2.45) is 0 Å². The summed E-state index contributed by atoms with van der Waals surface area (Å²) in [5, 5.41) is 9.96. The van der Waals surface area contributed by atoms with Crippen LogP contribution < -0.4 is 4.72 Å². The summed E-state index contributed by atoms with van der Waals surface area (Å²) in [4.78, 5) is 11.3. The fourth-order valence-electron chi connectivity index (χ4n) is 1.90. The van der Waals surface area contributed by atoms with Gasteiger partial charge in [-0.15, -0.1) is 0 Å². The van der Waals surface area contributed by atoms with Crippen molar-refractivity contribution in [2.45, 2.75) is 4.90 Å². The van der Waals surface area contributed by atoms with Crippen LogP contribution >= 0.6 is 23.2 Å². The molecular weight excluding hydrogens is 349 g/mol. The maximum atomic E-state index is 11.8. The Balaban J connectivity index is 2.67. The molecule has 2 rings (SSSR count). The molecule has 0 amide bonds. The van der Waals surface area contributed by atoms with Crippen LogP contribution in [-0.4, -0.2) is 26.5 Å². The number of rotatable bonds is 4. The summed E-state index contributed by atoms with van der Waals surface area (Å²) in [5.41, 5.74) is 0.732. The van der Waals surface area contributed by atoms with Gasteiger partial charge in [-0.25, -0.2) is 17.9 Å². The molecule has 8 heteroatoms. The van der Waals surface area contributed by atoms with Gasteiger partial charge < -0.3 is 5.11 Å². The van der Waals surface area contributed by atoms with E-state index in [0.29, 0.717) is 16.1 Å². The van der Waals surface area contributed by atoms with Gasteiger partial charge in [-0.2, -0.15) is 0 Å². The monoisotopic (exact) mass is 359 g/mol. The van der Waals surface area contributed by atoms with E-state index in [1.54, 1.807) is 12.1 Å². The average molecular weight is 360 g/mol. The van der Waals surface area contributed by atoms with Crippen molar-refractivity contribution in [3.8, 4) is 11.1 Å². The van der Waals surface area contributed by atoms with Gasteiger partial charge in [0.1, 0.15) is 0 Å². The summed E-state index contributed by atoms with van der Waals surface area (Å²) in [6, 6.07) is 8.54. The van der Waals surface area contributed by atoms with Gasteiger partial charge in [0.2, 0.25) is 10.0 Å². The van der Waals surface area contributed by atoms with Gasteiger partial charge in [-0.05, 0) is 42.4 Å². The summed E-state index contributed by atoms with van der Waals surface area (Å²) >= 11 is 11.8. The van der Waals surface area contributed by atoms with E-state index in [-0.39, 0.29) is 15.5 Å². The molecule has 22 heavy (non-hydrogen) atoms. The highest BCUT2D eigenvalue weighted by Crippen LogP contribution is 2.31. The molecule has 0 aliphatic rings. The number of hydrogen-bond donors (Lipinski definition) is 2. The first-order valence-electron chi connectivity index (χ1n) is 6.02. The van der Waals surface area contributed by atoms with Crippen LogP contribution in [0.15, 0.2) is 41.3 Å². The standard InChI is InChI=1S/C14H11Cl2NO4S/c1-17-22(20,21)9-3-4-10(11(7-9)14(18)19)8-2-5-12(15)13(16)6-8/h2-7,17H,1H3,(H,18,19). The van der Waals surface area contributed by atoms with E-state index in [1.807, 2.05) is 0 Å². The SMILES string of the molecule is CNS(=O)(=O)c1ccc(-c2ccc(Cl)c(Cl)c2)c(C(=O)O)c1. The summed E-state index contributed by atoms with van der Waals surface area (Å²) in [5.74, 6) is -1.24. The Hall–Kier alpha value is -1.60. The van der Waals surface area contributed by atoms with E-state index >= 15 is 0 Å². The van der Waals surface area contributed by atoms with Gasteiger partial charge in [0, 0.05) is 0 Å². The lowest BCUT2D eigenvalue weighted by atomic mass is 10.00. The highest BCUT2D eigenvalue weighted by atomic mass is 35.5. The number of carboxylic acid groups (broad SMARTS) is 1. The lowest BCUT2D eigenvalue weighted by Crippen LogP contribution is -2.19. The molecule has 0 spiro atoms. The predicted octanol–water partition coefficient (Wildman–Crippen LogP) is 3.27. The Kier molecular flexibility index (Phi) is 4.77. The third kappa shape index (κ3) is 3.25. The number of nitrogens with one attached hydrogen (secondary N) is 1. The van der Waals surface area contributed by atoms with Crippen molar-refractivity contribution in [3.05, 3.63) is 52.0 Å². The van der Waals surface area contributed by atoms with Gasteiger partial charge in [0.15, 0.2) is 0 Å². The zero-order valence-electron chi connectivity index (χ0n) is 11.3. The molecule has 0 aliphatic heterocycles. The lowest BCUT2D eigenvalue weighted by Gasteiger charge is -2.10. The highest BCUT2D eigenvalue weighted by molar-refractivity contribution is 7.89. The van der Waals surface area contributed by atoms with E-state index in [1.165, 1.54) is 25.2 Å². The van der Waals surface area contributed by atoms with Gasteiger partial charge in [0.05, 0.1) is 20.5 Å². The lowest BCUT2D eigenvalue weighted by molar-refractivity contribution is 0.0697. The van der Waals surface area contributed by atoms with Gasteiger partial charge >= 0.3 is 5.97 Å². The van der Waals surface area contributed by atoms with Crippen LogP contribution in [0.5, 0.6) is 0 Å². The van der Waals surface area contributed by atoms with Crippen LogP contribution in [0.2, 0.25) is 10.0 Å². The van der Waals surface area contributed by atoms with Crippen LogP contribution in [-0.2, 0) is 10.0 Å². The van der Waals surface area contributed by atoms with Crippen LogP contribution in [0.1, 0.15) is 10.4 Å². The fourth-order valence-corrected chi connectivity index (χ4v) is 2.95. The van der Waals surface area contributed by atoms with Crippen molar-refractivity contribution in [1.82, 2.24) is 4.72 Å². The predicted molar refractivity (Wildman–Crippen MR) is 85.1 cm³/mol. The Morgan fingerprint density at radius 1 is 1.09 bits per heavy atom. The molecule has 5 nitrogen and oxygen atoms in total. The third-order valence-corrected chi connectivity index (χ3v) is 5.18. The van der Waals surface area contributed by atoms with Gasteiger partial charge in [-0.1, -0.05) is 35.3 Å². The number of carboxylic acids is 1. The first kappa shape index (κ1) is 16.8. The highest BCUT2D eigenvalue weighted by Gasteiger charge is 2.18. The zero-order chi connectivity index (χ0) is 16.5. The van der Waals surface area contributed by atoms with E-state index in [2.05, 4.69) is 4.72 Å². The van der Waals surface area contributed by atoms with Crippen molar-refractivity contribution in [3.63, 3.8) is 0 Å². The molecule has 0 unspecified atom stereocenters. The third-order valence-electron chi connectivity index (χ3n) is 3.03. The molecule has 0 fully saturated rings. The number of carbonyl (C=O) groups is 1. The van der Waals surface area contributed by atoms with E-state index in [4.69, 9.17) is 23.2 Å². The van der Waals surface area contributed by atoms with E-state index < -0.39 is 16.0 Å². The normalized spacial score (nSPS) is 11.4. The molecule has 2 aromatic carbocycles. The second kappa shape index (κ2) is 6.26. The summed E-state index contributed by atoms with van der Waals surface area (Å²) < 4.78 is 25.7. The van der Waals surface area contributed by atoms with Crippen molar-refractivity contribution >= 4 is 39.2 Å². The summed E-state index contributed by atoms with van der Waals surface area (Å²) in [6.07, 6.45) is 0. The Labute approximate surface area is 137 Å². The molecule has 0 aliphatic carbocycles. The van der Waals surface area contributed by atoms with Crippen molar-refractivity contribution < 1.29 is 18.3 Å². The molecule has 0 bridgehead atoms. The Bertz CT molecular complexity index is 850. The number of halogens is 2. The molecule has 0 saturated heterocycles. The van der Waals surface area contributed by atoms with Crippen LogP contribution in [0, 0.1) is 0 Å². The van der Waals surface area contributed by atoms with Crippen LogP contribution in [0.4, 0.5) is 0 Å². The number of aromatic carboxylic acids is 1. The smallest absolute Gasteiger partial charge is 0.336 e. The minimum absolute atomic E-state index is 0.129. The maximum absolute atomic E-state index is 11.8. The van der Waals surface area contributed by atoms with Crippen LogP contribution in [0.25, 0.3) is 11.1 Å². The topological polar surface area (TPSA) is 83.5 Å². The van der Waals surface area contributed by atoms with Crippen molar-refractivity contribution in [2.75, 3.05) is 7.05 Å². The molecule has 0 saturated carbocycles. The Morgan fingerprint density at radius 2 is 1.77 bits per heavy atom. The van der Waals surface area contributed by atoms with Gasteiger partial charge in [-0.3, -0.25) is 0 Å². The summed E-state index contributed by atoms with van der Waals surface area (Å²) in [7, 11) is -2.48. The quantitative estimate of drug-likeness (QED) is 0.877. The maximum Gasteiger partial charge on any atom is 0.336 e. The average Bonchev–Trinajstić information content (AvgIpc) is 2.49. The number of hydrogen-bond acceptors (Lipinski definition) is 3. The summed E-state index contributed by atoms with van der Waals surface area (Å²) in [6.45, 7) is 0. The minimum atomic E-state index is -3.73. The first-order valence-corrected chi connectivity index (χ1v) is 8.26. The molecule has 0 radical (unpaired) electrons. The zero-order valence-corrected chi connectivity index (χ0v) is 13.6. The molecule has 0 aromatic heterocycles. The second-order valence-electron chi connectivity index (χ2n) is 4.35. The Morgan fingerprint density at radius 3 is 2.32 bits per heavy atom. The molecule has 116 valence electrons. The van der Waals surface area contributed by atoms with Gasteiger partial charge in [0.25, 0.3) is 0 Å². The second-order valence-corrected chi connectivity index (χ2v) is 7.05. The molecule has 2 aromatic rings. The van der Waals surface area contributed by atoms with E-state index in [0.717, 1.165) is 6.07 Å². The first-order chi connectivity index (χ1) is 10.3. The molecular formula is C14H11Cl2NO4S. The fraction of sp³-hybridized carbons (Fsp3) is 0.0714. The van der Waals surface area contributed by atoms with Crippen molar-refractivity contribution in [1.29, 1.82) is 0 Å². The molecule has 2 N–H and O–H groups in total. The minimum Gasteiger partial charge on any atom is -0.478 e. The number of sulfonamides is 1. The molecule has 0 atom stereocenters.